The molecule has 0 atom stereocenters. The molecule has 0 radical (unpaired) electrons. The van der Waals surface area contributed by atoms with Gasteiger partial charge in [0.2, 0.25) is 5.91 Å². The summed E-state index contributed by atoms with van der Waals surface area (Å²) in [7, 11) is 0. The van der Waals surface area contributed by atoms with Crippen LogP contribution in [0.1, 0.15) is 52.5 Å². The molecule has 6 heteroatoms. The van der Waals surface area contributed by atoms with Crippen LogP contribution < -0.4 is 10.6 Å². The zero-order valence-corrected chi connectivity index (χ0v) is 17.7. The van der Waals surface area contributed by atoms with E-state index in [9.17, 15) is 9.59 Å². The van der Waals surface area contributed by atoms with Crippen molar-refractivity contribution in [3.05, 3.63) is 29.8 Å². The third kappa shape index (κ3) is 8.74. The average Bonchev–Trinajstić information content (AvgIpc) is 2.60. The normalized spacial score (nSPS) is 15.9. The minimum absolute atomic E-state index is 0.0279. The second-order valence-corrected chi connectivity index (χ2v) is 8.73. The number of anilines is 1. The van der Waals surface area contributed by atoms with Gasteiger partial charge in [0.15, 0.2) is 0 Å². The molecule has 1 aromatic carbocycles. The van der Waals surface area contributed by atoms with Gasteiger partial charge in [0.25, 0.3) is 0 Å². The zero-order chi connectivity index (χ0) is 20.6. The van der Waals surface area contributed by atoms with Gasteiger partial charge in [-0.15, -0.1) is 0 Å². The van der Waals surface area contributed by atoms with Crippen molar-refractivity contribution in [2.24, 2.45) is 5.92 Å². The highest BCUT2D eigenvalue weighted by molar-refractivity contribution is 5.85. The molecule has 1 heterocycles. The third-order valence-corrected chi connectivity index (χ3v) is 4.81. The van der Waals surface area contributed by atoms with Gasteiger partial charge in [-0.1, -0.05) is 19.1 Å². The maximum absolute atomic E-state index is 12.1. The second-order valence-electron chi connectivity index (χ2n) is 8.73. The van der Waals surface area contributed by atoms with Crippen LogP contribution in [0, 0.1) is 5.92 Å². The van der Waals surface area contributed by atoms with Crippen LogP contribution in [0.5, 0.6) is 0 Å². The number of nitrogens with zero attached hydrogens (tertiary/aromatic N) is 1. The first-order valence-corrected chi connectivity index (χ1v) is 10.3. The van der Waals surface area contributed by atoms with Crippen molar-refractivity contribution < 1.29 is 14.3 Å². The van der Waals surface area contributed by atoms with E-state index in [2.05, 4.69) is 22.5 Å². The lowest BCUT2D eigenvalue weighted by Crippen LogP contribution is -2.35. The van der Waals surface area contributed by atoms with Crippen LogP contribution >= 0.6 is 0 Å². The Hall–Kier alpha value is -2.08. The number of amides is 2. The molecule has 2 rings (SSSR count). The van der Waals surface area contributed by atoms with Crippen molar-refractivity contribution >= 4 is 17.7 Å². The summed E-state index contributed by atoms with van der Waals surface area (Å²) in [6, 6.07) is 7.26. The van der Waals surface area contributed by atoms with E-state index in [-0.39, 0.29) is 5.91 Å². The molecule has 1 aliphatic heterocycles. The number of carbonyl (C=O) groups excluding carboxylic acids is 2. The Balaban J connectivity index is 1.64. The molecule has 2 N–H and O–H groups in total. The van der Waals surface area contributed by atoms with Crippen molar-refractivity contribution in [3.63, 3.8) is 0 Å². The van der Waals surface area contributed by atoms with E-state index < -0.39 is 11.7 Å². The molecule has 2 amide bonds. The largest absolute Gasteiger partial charge is 0.444 e. The summed E-state index contributed by atoms with van der Waals surface area (Å²) in [5, 5.41) is 5.69. The van der Waals surface area contributed by atoms with Crippen molar-refractivity contribution in [1.82, 2.24) is 10.2 Å². The van der Waals surface area contributed by atoms with Crippen molar-refractivity contribution in [2.45, 2.75) is 59.0 Å². The van der Waals surface area contributed by atoms with Gasteiger partial charge in [-0.2, -0.15) is 0 Å². The van der Waals surface area contributed by atoms with E-state index in [1.165, 1.54) is 25.9 Å². The number of likely N-dealkylation sites (tertiary alicyclic amines) is 1. The van der Waals surface area contributed by atoms with Crippen molar-refractivity contribution in [2.75, 3.05) is 31.5 Å². The minimum Gasteiger partial charge on any atom is -0.444 e. The molecule has 6 nitrogen and oxygen atoms in total. The maximum atomic E-state index is 12.1. The van der Waals surface area contributed by atoms with Crippen LogP contribution in [0.4, 0.5) is 10.5 Å². The van der Waals surface area contributed by atoms with Gasteiger partial charge in [0.1, 0.15) is 5.60 Å². The molecule has 0 bridgehead atoms. The topological polar surface area (TPSA) is 70.7 Å². The Morgan fingerprint density at radius 1 is 1.14 bits per heavy atom. The molecule has 28 heavy (non-hydrogen) atoms. The van der Waals surface area contributed by atoms with Gasteiger partial charge >= 0.3 is 6.09 Å². The van der Waals surface area contributed by atoms with Gasteiger partial charge in [-0.25, -0.2) is 4.79 Å². The number of piperidine rings is 1. The molecule has 1 fully saturated rings. The van der Waals surface area contributed by atoms with Crippen LogP contribution in [-0.2, 0) is 16.0 Å². The highest BCUT2D eigenvalue weighted by Gasteiger charge is 2.16. The molecule has 0 spiro atoms. The smallest absolute Gasteiger partial charge is 0.412 e. The molecular weight excluding hydrogens is 354 g/mol. The molecule has 0 unspecified atom stereocenters. The predicted octanol–water partition coefficient (Wildman–Crippen LogP) is 3.81. The molecule has 0 aliphatic carbocycles. The molecule has 1 saturated heterocycles. The number of hydrogen-bond donors (Lipinski definition) is 2. The summed E-state index contributed by atoms with van der Waals surface area (Å²) < 4.78 is 5.22. The second kappa shape index (κ2) is 10.5. The van der Waals surface area contributed by atoms with Crippen LogP contribution in [0.15, 0.2) is 24.3 Å². The van der Waals surface area contributed by atoms with Crippen molar-refractivity contribution in [1.29, 1.82) is 0 Å². The predicted molar refractivity (Wildman–Crippen MR) is 112 cm³/mol. The lowest BCUT2D eigenvalue weighted by atomic mass is 9.99. The number of hydrogen-bond acceptors (Lipinski definition) is 4. The number of benzene rings is 1. The fourth-order valence-electron chi connectivity index (χ4n) is 3.19. The van der Waals surface area contributed by atoms with Crippen LogP contribution in [0.3, 0.4) is 0 Å². The fraction of sp³-hybridized carbons (Fsp3) is 0.636. The first-order chi connectivity index (χ1) is 13.2. The van der Waals surface area contributed by atoms with Crippen LogP contribution in [0.2, 0.25) is 0 Å². The molecule has 0 saturated carbocycles. The van der Waals surface area contributed by atoms with E-state index in [0.717, 1.165) is 24.4 Å². The molecule has 0 aromatic heterocycles. The summed E-state index contributed by atoms with van der Waals surface area (Å²) in [6.45, 7) is 11.9. The third-order valence-electron chi connectivity index (χ3n) is 4.81. The van der Waals surface area contributed by atoms with Gasteiger partial charge in [-0.3, -0.25) is 10.1 Å². The monoisotopic (exact) mass is 389 g/mol. The Kier molecular flexibility index (Phi) is 8.30. The van der Waals surface area contributed by atoms with Crippen molar-refractivity contribution in [3.8, 4) is 0 Å². The highest BCUT2D eigenvalue weighted by atomic mass is 16.6. The summed E-state index contributed by atoms with van der Waals surface area (Å²) >= 11 is 0. The Morgan fingerprint density at radius 3 is 2.39 bits per heavy atom. The summed E-state index contributed by atoms with van der Waals surface area (Å²) in [4.78, 5) is 26.4. The van der Waals surface area contributed by atoms with E-state index in [0.29, 0.717) is 18.7 Å². The average molecular weight is 390 g/mol. The van der Waals surface area contributed by atoms with E-state index >= 15 is 0 Å². The van der Waals surface area contributed by atoms with E-state index in [1.54, 1.807) is 12.1 Å². The lowest BCUT2D eigenvalue weighted by molar-refractivity contribution is -0.120. The molecule has 1 aromatic rings. The summed E-state index contributed by atoms with van der Waals surface area (Å²) in [6.07, 6.45) is 3.41. The van der Waals surface area contributed by atoms with Gasteiger partial charge in [-0.05, 0) is 83.3 Å². The molecule has 1 aliphatic rings. The molecular formula is C22H35N3O3. The minimum atomic E-state index is -0.533. The molecule has 156 valence electrons. The zero-order valence-electron chi connectivity index (χ0n) is 17.7. The lowest BCUT2D eigenvalue weighted by Gasteiger charge is -2.30. The number of nitrogens with one attached hydrogen (secondary N) is 2. The summed E-state index contributed by atoms with van der Waals surface area (Å²) in [5.74, 6) is 0.877. The van der Waals surface area contributed by atoms with E-state index in [4.69, 9.17) is 4.74 Å². The maximum Gasteiger partial charge on any atom is 0.412 e. The first kappa shape index (κ1) is 22.2. The summed E-state index contributed by atoms with van der Waals surface area (Å²) in [5.41, 5.74) is 1.03. The van der Waals surface area contributed by atoms with E-state index in [1.807, 2.05) is 32.9 Å². The fourth-order valence-corrected chi connectivity index (χ4v) is 3.19. The van der Waals surface area contributed by atoms with Gasteiger partial charge in [0, 0.05) is 12.2 Å². The number of carbonyl (C=O) groups is 2. The Labute approximate surface area is 169 Å². The van der Waals surface area contributed by atoms with Crippen LogP contribution in [-0.4, -0.2) is 48.7 Å². The standard InChI is InChI=1S/C22H35N3O3/c1-17-10-14-25(15-11-17)13-5-12-23-20(26)16-18-6-8-19(9-7-18)24-21(27)28-22(2,3)4/h6-9,17H,5,10-16H2,1-4H3,(H,23,26)(H,24,27). The van der Waals surface area contributed by atoms with Crippen LogP contribution in [0.25, 0.3) is 0 Å². The Morgan fingerprint density at radius 2 is 1.79 bits per heavy atom. The number of ether oxygens (including phenoxy) is 1. The Bertz CT molecular complexity index is 629. The SMILES string of the molecule is CC1CCN(CCCNC(=O)Cc2ccc(NC(=O)OC(C)(C)C)cc2)CC1. The van der Waals surface area contributed by atoms with Gasteiger partial charge < -0.3 is 15.0 Å². The quantitative estimate of drug-likeness (QED) is 0.696. The first-order valence-electron chi connectivity index (χ1n) is 10.3. The van der Waals surface area contributed by atoms with Gasteiger partial charge in [0.05, 0.1) is 6.42 Å². The highest BCUT2D eigenvalue weighted by Crippen LogP contribution is 2.16. The number of rotatable bonds is 7.